The largest absolute Gasteiger partial charge is 0.462 e. The number of carbonyl (C=O) groups is 3. The van der Waals surface area contributed by atoms with E-state index in [2.05, 4.69) is 29.5 Å². The minimum absolute atomic E-state index is 0.0356. The van der Waals surface area contributed by atoms with Gasteiger partial charge in [-0.3, -0.25) is 9.59 Å². The number of amides is 1. The summed E-state index contributed by atoms with van der Waals surface area (Å²) >= 11 is 0. The molecule has 6 rings (SSSR count). The van der Waals surface area contributed by atoms with Crippen LogP contribution in [-0.2, 0) is 25.7 Å². The van der Waals surface area contributed by atoms with E-state index in [4.69, 9.17) is 4.74 Å². The predicted octanol–water partition coefficient (Wildman–Crippen LogP) is 4.25. The molecule has 1 amide bonds. The van der Waals surface area contributed by atoms with Crippen molar-refractivity contribution in [1.29, 1.82) is 0 Å². The monoisotopic (exact) mass is 576 g/mol. The van der Waals surface area contributed by atoms with Gasteiger partial charge in [0.25, 0.3) is 5.91 Å². The maximum Gasteiger partial charge on any atom is 0.343 e. The van der Waals surface area contributed by atoms with E-state index in [0.29, 0.717) is 35.1 Å². The first-order chi connectivity index (χ1) is 20.1. The number of hydrogen-bond donors (Lipinski definition) is 2. The summed E-state index contributed by atoms with van der Waals surface area (Å²) in [5.41, 5.74) is 0.455. The average molecular weight is 577 g/mol. The summed E-state index contributed by atoms with van der Waals surface area (Å²) < 4.78 is 6.89. The molecule has 0 unspecified atom stereocenters. The molecule has 226 valence electrons. The Balaban J connectivity index is 1.14. The van der Waals surface area contributed by atoms with Crippen LogP contribution in [0.4, 0.5) is 0 Å². The molecular weight excluding hydrogens is 532 g/mol. The van der Waals surface area contributed by atoms with Gasteiger partial charge in [-0.05, 0) is 81.0 Å². The first-order valence-corrected chi connectivity index (χ1v) is 15.8. The smallest absolute Gasteiger partial charge is 0.343 e. The maximum atomic E-state index is 13.0. The van der Waals surface area contributed by atoms with Crippen molar-refractivity contribution in [2.75, 3.05) is 6.61 Å². The van der Waals surface area contributed by atoms with Crippen LogP contribution >= 0.6 is 0 Å². The SMILES string of the molecule is CCOC(=O)/C(=C/C1C=CC=C1)C(=O)NCc1cn([C@H]2C[C@@]3(C)[C@@H](CC[C@@H]4[C@@H]3CC[C@]3(C)C(=O)CC[C@@H]43)C[C@@H]2O)nn1. The van der Waals surface area contributed by atoms with E-state index in [-0.39, 0.29) is 41.5 Å². The number of ether oxygens (including phenoxy) is 1. The van der Waals surface area contributed by atoms with Crippen LogP contribution in [0.2, 0.25) is 0 Å². The van der Waals surface area contributed by atoms with Crippen LogP contribution in [0.5, 0.6) is 0 Å². The molecule has 1 aromatic heterocycles. The Morgan fingerprint density at radius 1 is 1.17 bits per heavy atom. The molecule has 9 heteroatoms. The molecule has 9 nitrogen and oxygen atoms in total. The molecule has 0 aliphatic heterocycles. The van der Waals surface area contributed by atoms with Gasteiger partial charge in [-0.1, -0.05) is 49.4 Å². The van der Waals surface area contributed by atoms with E-state index in [1.54, 1.807) is 17.7 Å². The van der Waals surface area contributed by atoms with Crippen molar-refractivity contribution in [1.82, 2.24) is 20.3 Å². The Morgan fingerprint density at radius 3 is 2.71 bits per heavy atom. The van der Waals surface area contributed by atoms with Crippen LogP contribution in [0.15, 0.2) is 42.2 Å². The number of aromatic nitrogens is 3. The number of fused-ring (bicyclic) bond motifs is 5. The van der Waals surface area contributed by atoms with Gasteiger partial charge in [-0.25, -0.2) is 9.48 Å². The summed E-state index contributed by atoms with van der Waals surface area (Å²) in [6, 6.07) is -0.198. The Labute approximate surface area is 247 Å². The van der Waals surface area contributed by atoms with Gasteiger partial charge in [-0.15, -0.1) is 5.10 Å². The van der Waals surface area contributed by atoms with Crippen LogP contribution in [0.3, 0.4) is 0 Å². The van der Waals surface area contributed by atoms with Crippen molar-refractivity contribution < 1.29 is 24.2 Å². The van der Waals surface area contributed by atoms with Crippen molar-refractivity contribution in [3.05, 3.63) is 47.8 Å². The number of nitrogens with one attached hydrogen (secondary N) is 1. The molecule has 42 heavy (non-hydrogen) atoms. The molecule has 1 heterocycles. The summed E-state index contributed by atoms with van der Waals surface area (Å²) in [5.74, 6) is 1.23. The van der Waals surface area contributed by atoms with Gasteiger partial charge in [-0.2, -0.15) is 0 Å². The highest BCUT2D eigenvalue weighted by molar-refractivity contribution is 6.16. The van der Waals surface area contributed by atoms with Crippen LogP contribution in [0, 0.1) is 40.4 Å². The van der Waals surface area contributed by atoms with Crippen molar-refractivity contribution in [2.24, 2.45) is 40.4 Å². The molecule has 0 bridgehead atoms. The van der Waals surface area contributed by atoms with Gasteiger partial charge < -0.3 is 15.2 Å². The zero-order valence-corrected chi connectivity index (χ0v) is 25.0. The topological polar surface area (TPSA) is 123 Å². The van der Waals surface area contributed by atoms with Gasteiger partial charge in [0.15, 0.2) is 0 Å². The quantitative estimate of drug-likeness (QED) is 0.215. The normalized spacial score (nSPS) is 37.7. The summed E-state index contributed by atoms with van der Waals surface area (Å²) in [6.07, 6.45) is 18.1. The predicted molar refractivity (Wildman–Crippen MR) is 156 cm³/mol. The molecule has 4 saturated carbocycles. The standard InChI is InChI=1S/C33H44N4O5/c1-4-42-31(41)24(15-20-7-5-6-8-20)30(40)34-18-22-19-37(36-35-22)27-17-33(3)21(16-28(27)38)9-10-23-25-11-12-29(39)32(25,2)14-13-26(23)33/h5-8,15,19-21,23,25-28,38H,4,9-14,16-18H2,1-3H3,(H,34,40)/b24-15+/t21-,23-,25-,26-,27-,28-,32-,33-/m0/s1. The summed E-state index contributed by atoms with van der Waals surface area (Å²) in [4.78, 5) is 38.3. The minimum Gasteiger partial charge on any atom is -0.462 e. The second-order valence-electron chi connectivity index (χ2n) is 13.7. The third-order valence-electron chi connectivity index (χ3n) is 11.6. The van der Waals surface area contributed by atoms with E-state index in [0.717, 1.165) is 44.9 Å². The van der Waals surface area contributed by atoms with Crippen molar-refractivity contribution in [3.63, 3.8) is 0 Å². The molecule has 2 N–H and O–H groups in total. The number of nitrogens with zero attached hydrogens (tertiary/aromatic N) is 3. The van der Waals surface area contributed by atoms with E-state index >= 15 is 0 Å². The molecule has 0 saturated heterocycles. The fourth-order valence-corrected chi connectivity index (χ4v) is 9.34. The Bertz CT molecular complexity index is 1320. The number of hydrogen-bond acceptors (Lipinski definition) is 7. The van der Waals surface area contributed by atoms with Gasteiger partial charge >= 0.3 is 5.97 Å². The van der Waals surface area contributed by atoms with Crippen LogP contribution < -0.4 is 5.32 Å². The van der Waals surface area contributed by atoms with Gasteiger partial charge in [0, 0.05) is 17.8 Å². The summed E-state index contributed by atoms with van der Waals surface area (Å²) in [5, 5.41) is 22.8. The maximum absolute atomic E-state index is 13.0. The summed E-state index contributed by atoms with van der Waals surface area (Å²) in [7, 11) is 0. The fourth-order valence-electron chi connectivity index (χ4n) is 9.34. The van der Waals surface area contributed by atoms with Crippen molar-refractivity contribution in [3.8, 4) is 0 Å². The van der Waals surface area contributed by atoms with Gasteiger partial charge in [0.2, 0.25) is 0 Å². The van der Waals surface area contributed by atoms with Crippen LogP contribution in [0.1, 0.15) is 83.9 Å². The molecule has 0 spiro atoms. The number of esters is 1. The molecule has 8 atom stereocenters. The number of Topliss-reactive ketones (excluding diaryl/α,β-unsaturated/α-hetero) is 1. The van der Waals surface area contributed by atoms with E-state index in [9.17, 15) is 19.5 Å². The number of aliphatic hydroxyl groups excluding tert-OH is 1. The van der Waals surface area contributed by atoms with E-state index in [1.807, 2.05) is 30.5 Å². The fraction of sp³-hybridized carbons (Fsp3) is 0.667. The molecule has 0 aromatic carbocycles. The average Bonchev–Trinajstić information content (AvgIpc) is 3.72. The lowest BCUT2D eigenvalue weighted by molar-refractivity contribution is -0.148. The molecule has 1 aromatic rings. The zero-order chi connectivity index (χ0) is 29.6. The second kappa shape index (κ2) is 11.2. The lowest BCUT2D eigenvalue weighted by Gasteiger charge is -2.61. The number of rotatable bonds is 7. The lowest BCUT2D eigenvalue weighted by Crippen LogP contribution is -2.55. The van der Waals surface area contributed by atoms with Gasteiger partial charge in [0.05, 0.1) is 31.5 Å². The highest BCUT2D eigenvalue weighted by Crippen LogP contribution is 2.66. The first-order valence-electron chi connectivity index (χ1n) is 15.8. The van der Waals surface area contributed by atoms with Crippen molar-refractivity contribution in [2.45, 2.75) is 90.8 Å². The highest BCUT2D eigenvalue weighted by atomic mass is 16.5. The molecule has 0 radical (unpaired) electrons. The minimum atomic E-state index is -0.656. The Kier molecular flexibility index (Phi) is 7.75. The molecule has 5 aliphatic carbocycles. The van der Waals surface area contributed by atoms with E-state index < -0.39 is 18.0 Å². The van der Waals surface area contributed by atoms with Crippen LogP contribution in [-0.4, -0.2) is 50.5 Å². The van der Waals surface area contributed by atoms with E-state index in [1.165, 1.54) is 6.42 Å². The molecular formula is C33H44N4O5. The third-order valence-corrected chi connectivity index (χ3v) is 11.6. The Hall–Kier alpha value is -3.07. The number of allylic oxidation sites excluding steroid dienone is 5. The molecule has 4 fully saturated rings. The number of carbonyl (C=O) groups excluding carboxylic acids is 3. The summed E-state index contributed by atoms with van der Waals surface area (Å²) in [6.45, 7) is 6.63. The van der Waals surface area contributed by atoms with Crippen molar-refractivity contribution >= 4 is 17.7 Å². The molecule has 5 aliphatic rings. The zero-order valence-electron chi connectivity index (χ0n) is 25.0. The lowest BCUT2D eigenvalue weighted by atomic mass is 9.44. The highest BCUT2D eigenvalue weighted by Gasteiger charge is 2.61. The Morgan fingerprint density at radius 2 is 1.95 bits per heavy atom. The number of aliphatic hydroxyl groups is 1. The van der Waals surface area contributed by atoms with Crippen LogP contribution in [0.25, 0.3) is 0 Å². The van der Waals surface area contributed by atoms with Gasteiger partial charge in [0.1, 0.15) is 17.1 Å². The number of ketones is 1. The third kappa shape index (κ3) is 4.97. The first kappa shape index (κ1) is 29.0. The second-order valence-corrected chi connectivity index (χ2v) is 13.7.